The van der Waals surface area contributed by atoms with Gasteiger partial charge in [0.05, 0.1) is 0 Å². The zero-order valence-electron chi connectivity index (χ0n) is 16.5. The third-order valence-corrected chi connectivity index (χ3v) is 4.67. The molecule has 0 spiro atoms. The fourth-order valence-electron chi connectivity index (χ4n) is 3.09. The molecule has 3 rings (SSSR count). The van der Waals surface area contributed by atoms with E-state index in [4.69, 9.17) is 4.74 Å². The summed E-state index contributed by atoms with van der Waals surface area (Å²) < 4.78 is 5.73. The van der Waals surface area contributed by atoms with Crippen molar-refractivity contribution in [3.05, 3.63) is 59.7 Å². The number of likely N-dealkylation sites (N-methyl/N-ethyl adjacent to an activating group) is 1. The van der Waals surface area contributed by atoms with Gasteiger partial charge in [-0.05, 0) is 62.5 Å². The largest absolute Gasteiger partial charge is 0.492 e. The quantitative estimate of drug-likeness (QED) is 0.764. The van der Waals surface area contributed by atoms with Crippen molar-refractivity contribution in [3.63, 3.8) is 0 Å². The summed E-state index contributed by atoms with van der Waals surface area (Å²) in [4.78, 5) is 28.1. The normalized spacial score (nSPS) is 13.8. The molecule has 2 aromatic rings. The summed E-state index contributed by atoms with van der Waals surface area (Å²) in [5, 5.41) is 2.93. The molecular weight excluding hydrogens is 354 g/mol. The van der Waals surface area contributed by atoms with Gasteiger partial charge in [0.25, 0.3) is 5.91 Å². The van der Waals surface area contributed by atoms with Gasteiger partial charge in [-0.1, -0.05) is 12.1 Å². The number of carbonyl (C=O) groups is 2. The van der Waals surface area contributed by atoms with E-state index >= 15 is 0 Å². The molecule has 148 valence electrons. The van der Waals surface area contributed by atoms with Crippen LogP contribution in [-0.2, 0) is 11.3 Å². The smallest absolute Gasteiger partial charge is 0.251 e. The monoisotopic (exact) mass is 381 g/mol. The van der Waals surface area contributed by atoms with Gasteiger partial charge >= 0.3 is 0 Å². The highest BCUT2D eigenvalue weighted by atomic mass is 16.5. The highest BCUT2D eigenvalue weighted by Gasteiger charge is 2.21. The SMILES string of the molecule is CN(C)CCOc1cccc(CNC(=O)c2ccc(N3CCCC3=O)cc2)c1. The molecule has 0 aliphatic carbocycles. The highest BCUT2D eigenvalue weighted by molar-refractivity contribution is 5.97. The van der Waals surface area contributed by atoms with E-state index in [-0.39, 0.29) is 11.8 Å². The molecule has 2 amide bonds. The summed E-state index contributed by atoms with van der Waals surface area (Å²) in [5.74, 6) is 0.802. The summed E-state index contributed by atoms with van der Waals surface area (Å²) in [6, 6.07) is 14.9. The van der Waals surface area contributed by atoms with Crippen LogP contribution in [0.15, 0.2) is 48.5 Å². The minimum absolute atomic E-state index is 0.141. The number of anilines is 1. The topological polar surface area (TPSA) is 61.9 Å². The first kappa shape index (κ1) is 19.9. The Labute approximate surface area is 166 Å². The molecule has 0 bridgehead atoms. The summed E-state index contributed by atoms with van der Waals surface area (Å²) in [6.45, 7) is 2.64. The first-order valence-corrected chi connectivity index (χ1v) is 9.58. The predicted molar refractivity (Wildman–Crippen MR) is 110 cm³/mol. The summed E-state index contributed by atoms with van der Waals surface area (Å²) in [7, 11) is 4.01. The van der Waals surface area contributed by atoms with E-state index in [1.807, 2.05) is 50.5 Å². The number of hydrogen-bond donors (Lipinski definition) is 1. The minimum atomic E-state index is -0.141. The van der Waals surface area contributed by atoms with Crippen molar-refractivity contribution in [1.29, 1.82) is 0 Å². The first-order chi connectivity index (χ1) is 13.5. The van der Waals surface area contributed by atoms with Crippen LogP contribution in [0, 0.1) is 0 Å². The third kappa shape index (κ3) is 5.33. The Morgan fingerprint density at radius 3 is 2.64 bits per heavy atom. The zero-order chi connectivity index (χ0) is 19.9. The predicted octanol–water partition coefficient (Wildman–Crippen LogP) is 2.68. The van der Waals surface area contributed by atoms with Crippen LogP contribution in [0.4, 0.5) is 5.69 Å². The van der Waals surface area contributed by atoms with E-state index in [0.717, 1.165) is 36.5 Å². The van der Waals surface area contributed by atoms with Gasteiger partial charge in [0.2, 0.25) is 5.91 Å². The van der Waals surface area contributed by atoms with Crippen molar-refractivity contribution in [2.45, 2.75) is 19.4 Å². The highest BCUT2D eigenvalue weighted by Crippen LogP contribution is 2.21. The van der Waals surface area contributed by atoms with Crippen molar-refractivity contribution in [2.75, 3.05) is 38.7 Å². The van der Waals surface area contributed by atoms with E-state index in [1.165, 1.54) is 0 Å². The number of nitrogens with zero attached hydrogens (tertiary/aromatic N) is 2. The molecule has 0 atom stereocenters. The molecule has 2 aromatic carbocycles. The second-order valence-corrected chi connectivity index (χ2v) is 7.18. The average Bonchev–Trinajstić information content (AvgIpc) is 3.12. The standard InChI is InChI=1S/C22H27N3O3/c1-24(2)13-14-28-20-6-3-5-17(15-20)16-23-22(27)18-8-10-19(11-9-18)25-12-4-7-21(25)26/h3,5-6,8-11,15H,4,7,12-14,16H2,1-2H3,(H,23,27). The molecule has 1 aliphatic heterocycles. The van der Waals surface area contributed by atoms with Crippen molar-refractivity contribution < 1.29 is 14.3 Å². The van der Waals surface area contributed by atoms with Crippen LogP contribution < -0.4 is 15.0 Å². The minimum Gasteiger partial charge on any atom is -0.492 e. The fourth-order valence-corrected chi connectivity index (χ4v) is 3.09. The van der Waals surface area contributed by atoms with Crippen LogP contribution in [0.25, 0.3) is 0 Å². The molecule has 0 saturated carbocycles. The third-order valence-electron chi connectivity index (χ3n) is 4.67. The lowest BCUT2D eigenvalue weighted by Crippen LogP contribution is -2.25. The van der Waals surface area contributed by atoms with E-state index in [0.29, 0.717) is 25.1 Å². The second kappa shape index (κ2) is 9.37. The Bertz CT molecular complexity index is 818. The first-order valence-electron chi connectivity index (χ1n) is 9.58. The van der Waals surface area contributed by atoms with Gasteiger partial charge in [0, 0.05) is 37.3 Å². The molecule has 0 unspecified atom stereocenters. The molecule has 0 aromatic heterocycles. The second-order valence-electron chi connectivity index (χ2n) is 7.18. The number of carbonyl (C=O) groups excluding carboxylic acids is 2. The van der Waals surface area contributed by atoms with Gasteiger partial charge in [0.15, 0.2) is 0 Å². The van der Waals surface area contributed by atoms with Gasteiger partial charge in [-0.2, -0.15) is 0 Å². The van der Waals surface area contributed by atoms with Crippen molar-refractivity contribution in [1.82, 2.24) is 10.2 Å². The fraction of sp³-hybridized carbons (Fsp3) is 0.364. The molecule has 1 saturated heterocycles. The van der Waals surface area contributed by atoms with Gasteiger partial charge in [-0.15, -0.1) is 0 Å². The van der Waals surface area contributed by atoms with Crippen LogP contribution in [0.1, 0.15) is 28.8 Å². The lowest BCUT2D eigenvalue weighted by atomic mass is 10.1. The van der Waals surface area contributed by atoms with E-state index in [1.54, 1.807) is 17.0 Å². The van der Waals surface area contributed by atoms with Gasteiger partial charge in [-0.3, -0.25) is 9.59 Å². The van der Waals surface area contributed by atoms with Crippen LogP contribution in [0.3, 0.4) is 0 Å². The molecule has 1 N–H and O–H groups in total. The molecule has 1 fully saturated rings. The molecule has 6 nitrogen and oxygen atoms in total. The maximum absolute atomic E-state index is 12.4. The molecule has 28 heavy (non-hydrogen) atoms. The Morgan fingerprint density at radius 2 is 1.96 bits per heavy atom. The van der Waals surface area contributed by atoms with E-state index in [9.17, 15) is 9.59 Å². The maximum atomic E-state index is 12.4. The van der Waals surface area contributed by atoms with Gasteiger partial charge < -0.3 is 19.9 Å². The van der Waals surface area contributed by atoms with E-state index < -0.39 is 0 Å². The molecule has 6 heteroatoms. The average molecular weight is 381 g/mol. The molecule has 1 aliphatic rings. The van der Waals surface area contributed by atoms with Crippen molar-refractivity contribution in [2.24, 2.45) is 0 Å². The van der Waals surface area contributed by atoms with E-state index in [2.05, 4.69) is 10.2 Å². The molecule has 0 radical (unpaired) electrons. The summed E-state index contributed by atoms with van der Waals surface area (Å²) in [5.41, 5.74) is 2.41. The van der Waals surface area contributed by atoms with Crippen LogP contribution in [-0.4, -0.2) is 50.5 Å². The van der Waals surface area contributed by atoms with Gasteiger partial charge in [0.1, 0.15) is 12.4 Å². The number of rotatable bonds is 8. The lowest BCUT2D eigenvalue weighted by Gasteiger charge is -2.16. The maximum Gasteiger partial charge on any atom is 0.251 e. The van der Waals surface area contributed by atoms with Crippen molar-refractivity contribution in [3.8, 4) is 5.75 Å². The Kier molecular flexibility index (Phi) is 6.66. The Morgan fingerprint density at radius 1 is 1.18 bits per heavy atom. The number of ether oxygens (including phenoxy) is 1. The molecule has 1 heterocycles. The zero-order valence-corrected chi connectivity index (χ0v) is 16.5. The van der Waals surface area contributed by atoms with Crippen LogP contribution >= 0.6 is 0 Å². The number of amides is 2. The lowest BCUT2D eigenvalue weighted by molar-refractivity contribution is -0.117. The van der Waals surface area contributed by atoms with Crippen LogP contribution in [0.5, 0.6) is 5.75 Å². The van der Waals surface area contributed by atoms with Crippen molar-refractivity contribution >= 4 is 17.5 Å². The van der Waals surface area contributed by atoms with Crippen LogP contribution in [0.2, 0.25) is 0 Å². The summed E-state index contributed by atoms with van der Waals surface area (Å²) >= 11 is 0. The summed E-state index contributed by atoms with van der Waals surface area (Å²) in [6.07, 6.45) is 1.49. The van der Waals surface area contributed by atoms with Gasteiger partial charge in [-0.25, -0.2) is 0 Å². The molecular formula is C22H27N3O3. The Balaban J connectivity index is 1.53. The number of nitrogens with one attached hydrogen (secondary N) is 1. The Hall–Kier alpha value is -2.86. The number of hydrogen-bond acceptors (Lipinski definition) is 4. The number of benzene rings is 2.